The Morgan fingerprint density at radius 2 is 2.25 bits per heavy atom. The van der Waals surface area contributed by atoms with Crippen molar-refractivity contribution in [3.05, 3.63) is 52.1 Å². The summed E-state index contributed by atoms with van der Waals surface area (Å²) in [6.45, 7) is 1.91. The average molecular weight is 281 g/mol. The van der Waals surface area contributed by atoms with Crippen molar-refractivity contribution in [3.63, 3.8) is 0 Å². The molecule has 0 amide bonds. The summed E-state index contributed by atoms with van der Waals surface area (Å²) in [5.41, 5.74) is 8.22. The molecule has 2 aromatic rings. The van der Waals surface area contributed by atoms with Gasteiger partial charge in [0, 0.05) is 28.5 Å². The summed E-state index contributed by atoms with van der Waals surface area (Å²) < 4.78 is 6.21. The summed E-state index contributed by atoms with van der Waals surface area (Å²) in [7, 11) is 0. The number of pyridine rings is 1. The summed E-state index contributed by atoms with van der Waals surface area (Å²) in [5, 5.41) is 0. The van der Waals surface area contributed by atoms with Crippen molar-refractivity contribution in [1.82, 2.24) is 4.98 Å². The lowest BCUT2D eigenvalue weighted by Crippen LogP contribution is -2.12. The highest BCUT2D eigenvalue weighted by Gasteiger charge is 2.10. The Balaban J connectivity index is 2.10. The van der Waals surface area contributed by atoms with Crippen molar-refractivity contribution in [2.45, 2.75) is 19.4 Å². The number of aromatic nitrogens is 1. The summed E-state index contributed by atoms with van der Waals surface area (Å²) in [5.74, 6) is 0.887. The maximum absolute atomic E-state index is 6.09. The molecular formula is C12H13BrN2O. The Labute approximate surface area is 103 Å². The first kappa shape index (κ1) is 11.4. The van der Waals surface area contributed by atoms with E-state index in [4.69, 9.17) is 10.2 Å². The predicted octanol–water partition coefficient (Wildman–Crippen LogP) is 2.99. The maximum atomic E-state index is 6.09. The minimum atomic E-state index is -0.0476. The highest BCUT2D eigenvalue weighted by molar-refractivity contribution is 9.10. The van der Waals surface area contributed by atoms with Crippen LogP contribution in [0.3, 0.4) is 0 Å². The Morgan fingerprint density at radius 1 is 1.44 bits per heavy atom. The Kier molecular flexibility index (Phi) is 3.41. The summed E-state index contributed by atoms with van der Waals surface area (Å²) >= 11 is 3.39. The van der Waals surface area contributed by atoms with Gasteiger partial charge in [0.25, 0.3) is 0 Å². The van der Waals surface area contributed by atoms with Gasteiger partial charge in [-0.15, -0.1) is 0 Å². The van der Waals surface area contributed by atoms with E-state index in [2.05, 4.69) is 20.9 Å². The molecule has 2 rings (SSSR count). The largest absolute Gasteiger partial charge is 0.469 e. The SMILES string of the molecule is Cc1cc(C(N)Cc2cncc(Br)c2)co1. The topological polar surface area (TPSA) is 52.0 Å². The second-order valence-corrected chi connectivity index (χ2v) is 4.73. The van der Waals surface area contributed by atoms with Crippen LogP contribution in [0.5, 0.6) is 0 Å². The molecule has 0 spiro atoms. The quantitative estimate of drug-likeness (QED) is 0.941. The van der Waals surface area contributed by atoms with Crippen LogP contribution in [0.2, 0.25) is 0 Å². The molecule has 2 aromatic heterocycles. The maximum Gasteiger partial charge on any atom is 0.101 e. The molecule has 2 N–H and O–H groups in total. The van der Waals surface area contributed by atoms with Gasteiger partial charge in [-0.2, -0.15) is 0 Å². The third-order valence-corrected chi connectivity index (χ3v) is 2.83. The van der Waals surface area contributed by atoms with Crippen LogP contribution in [0.15, 0.2) is 39.7 Å². The average Bonchev–Trinajstić information content (AvgIpc) is 2.65. The first-order valence-corrected chi connectivity index (χ1v) is 5.84. The van der Waals surface area contributed by atoms with Crippen molar-refractivity contribution in [1.29, 1.82) is 0 Å². The van der Waals surface area contributed by atoms with Crippen LogP contribution in [-0.4, -0.2) is 4.98 Å². The number of rotatable bonds is 3. The molecule has 84 valence electrons. The number of nitrogens with zero attached hydrogens (tertiary/aromatic N) is 1. The zero-order valence-electron chi connectivity index (χ0n) is 8.98. The molecule has 0 radical (unpaired) electrons. The Morgan fingerprint density at radius 3 is 2.88 bits per heavy atom. The molecule has 0 saturated carbocycles. The number of furan rings is 1. The first-order valence-electron chi connectivity index (χ1n) is 5.05. The molecule has 0 fully saturated rings. The third kappa shape index (κ3) is 2.71. The lowest BCUT2D eigenvalue weighted by atomic mass is 10.0. The lowest BCUT2D eigenvalue weighted by molar-refractivity contribution is 0.528. The minimum absolute atomic E-state index is 0.0476. The van der Waals surface area contributed by atoms with Crippen molar-refractivity contribution < 1.29 is 4.42 Å². The Bertz CT molecular complexity index is 481. The standard InChI is InChI=1S/C12H13BrN2O/c1-8-2-10(7-16-8)12(14)4-9-3-11(13)6-15-5-9/h2-3,5-7,12H,4,14H2,1H3. The second kappa shape index (κ2) is 4.80. The van der Waals surface area contributed by atoms with E-state index in [1.807, 2.05) is 25.3 Å². The molecule has 0 saturated heterocycles. The zero-order chi connectivity index (χ0) is 11.5. The van der Waals surface area contributed by atoms with Gasteiger partial charge in [-0.25, -0.2) is 0 Å². The van der Waals surface area contributed by atoms with Gasteiger partial charge < -0.3 is 10.2 Å². The number of nitrogens with two attached hydrogens (primary N) is 1. The van der Waals surface area contributed by atoms with Crippen LogP contribution < -0.4 is 5.73 Å². The Hall–Kier alpha value is -1.13. The lowest BCUT2D eigenvalue weighted by Gasteiger charge is -2.08. The first-order chi connectivity index (χ1) is 7.65. The van der Waals surface area contributed by atoms with Gasteiger partial charge in [-0.1, -0.05) is 0 Å². The predicted molar refractivity (Wildman–Crippen MR) is 66.0 cm³/mol. The van der Waals surface area contributed by atoms with Crippen molar-refractivity contribution in [2.75, 3.05) is 0 Å². The summed E-state index contributed by atoms with van der Waals surface area (Å²) in [6.07, 6.45) is 6.06. The van der Waals surface area contributed by atoms with Crippen LogP contribution in [0, 0.1) is 6.92 Å². The van der Waals surface area contributed by atoms with Crippen molar-refractivity contribution >= 4 is 15.9 Å². The van der Waals surface area contributed by atoms with Crippen molar-refractivity contribution in [3.8, 4) is 0 Å². The van der Waals surface area contributed by atoms with E-state index in [-0.39, 0.29) is 6.04 Å². The number of halogens is 1. The van der Waals surface area contributed by atoms with E-state index in [9.17, 15) is 0 Å². The highest BCUT2D eigenvalue weighted by atomic mass is 79.9. The van der Waals surface area contributed by atoms with Gasteiger partial charge in [-0.3, -0.25) is 4.98 Å². The van der Waals surface area contributed by atoms with Crippen LogP contribution in [0.1, 0.15) is 22.9 Å². The van der Waals surface area contributed by atoms with Gasteiger partial charge in [0.2, 0.25) is 0 Å². The molecule has 0 bridgehead atoms. The molecule has 2 heterocycles. The van der Waals surface area contributed by atoms with Crippen LogP contribution in [-0.2, 0) is 6.42 Å². The van der Waals surface area contributed by atoms with E-state index in [1.165, 1.54) is 0 Å². The molecule has 3 nitrogen and oxygen atoms in total. The fraction of sp³-hybridized carbons (Fsp3) is 0.250. The van der Waals surface area contributed by atoms with E-state index in [1.54, 1.807) is 12.5 Å². The van der Waals surface area contributed by atoms with Gasteiger partial charge in [0.05, 0.1) is 6.26 Å². The molecule has 0 aliphatic rings. The van der Waals surface area contributed by atoms with Crippen LogP contribution >= 0.6 is 15.9 Å². The molecule has 0 aliphatic heterocycles. The number of aryl methyl sites for hydroxylation is 1. The smallest absolute Gasteiger partial charge is 0.101 e. The summed E-state index contributed by atoms with van der Waals surface area (Å²) in [6, 6.07) is 3.95. The van der Waals surface area contributed by atoms with Crippen molar-refractivity contribution in [2.24, 2.45) is 5.73 Å². The number of hydrogen-bond donors (Lipinski definition) is 1. The van der Waals surface area contributed by atoms with E-state index in [0.29, 0.717) is 0 Å². The van der Waals surface area contributed by atoms with Gasteiger partial charge in [0.15, 0.2) is 0 Å². The summed E-state index contributed by atoms with van der Waals surface area (Å²) in [4.78, 5) is 4.11. The molecular weight excluding hydrogens is 268 g/mol. The van der Waals surface area contributed by atoms with E-state index in [0.717, 1.165) is 27.8 Å². The normalized spacial score (nSPS) is 12.7. The highest BCUT2D eigenvalue weighted by Crippen LogP contribution is 2.19. The zero-order valence-corrected chi connectivity index (χ0v) is 10.6. The van der Waals surface area contributed by atoms with Crippen LogP contribution in [0.25, 0.3) is 0 Å². The van der Waals surface area contributed by atoms with Gasteiger partial charge in [0.1, 0.15) is 5.76 Å². The molecule has 4 heteroatoms. The van der Waals surface area contributed by atoms with E-state index < -0.39 is 0 Å². The van der Waals surface area contributed by atoms with Gasteiger partial charge in [-0.05, 0) is 47.0 Å². The fourth-order valence-electron chi connectivity index (χ4n) is 1.60. The fourth-order valence-corrected chi connectivity index (χ4v) is 2.01. The van der Waals surface area contributed by atoms with E-state index >= 15 is 0 Å². The molecule has 1 unspecified atom stereocenters. The minimum Gasteiger partial charge on any atom is -0.469 e. The molecule has 16 heavy (non-hydrogen) atoms. The molecule has 0 aliphatic carbocycles. The van der Waals surface area contributed by atoms with Gasteiger partial charge >= 0.3 is 0 Å². The molecule has 0 aromatic carbocycles. The second-order valence-electron chi connectivity index (χ2n) is 3.81. The monoisotopic (exact) mass is 280 g/mol. The molecule has 1 atom stereocenters. The third-order valence-electron chi connectivity index (χ3n) is 2.40. The van der Waals surface area contributed by atoms with Crippen LogP contribution in [0.4, 0.5) is 0 Å². The number of hydrogen-bond acceptors (Lipinski definition) is 3.